The summed E-state index contributed by atoms with van der Waals surface area (Å²) >= 11 is 3.11. The van der Waals surface area contributed by atoms with Gasteiger partial charge in [0.1, 0.15) is 15.8 Å². The maximum absolute atomic E-state index is 11.6. The van der Waals surface area contributed by atoms with Gasteiger partial charge in [0, 0.05) is 12.8 Å². The summed E-state index contributed by atoms with van der Waals surface area (Å²) in [5.41, 5.74) is -0.560. The maximum atomic E-state index is 11.6. The molecule has 1 rings (SSSR count). The van der Waals surface area contributed by atoms with Crippen molar-refractivity contribution < 1.29 is 19.1 Å². The van der Waals surface area contributed by atoms with Crippen LogP contribution in [0.15, 0.2) is 10.2 Å². The van der Waals surface area contributed by atoms with Gasteiger partial charge in [0.25, 0.3) is 0 Å². The van der Waals surface area contributed by atoms with E-state index in [2.05, 4.69) is 15.9 Å². The number of esters is 2. The molecule has 1 heterocycles. The molecule has 0 amide bonds. The first-order chi connectivity index (χ1) is 7.29. The van der Waals surface area contributed by atoms with E-state index >= 15 is 0 Å². The Morgan fingerprint density at radius 1 is 1.38 bits per heavy atom. The molecule has 0 spiro atoms. The van der Waals surface area contributed by atoms with E-state index < -0.39 is 11.6 Å². The Bertz CT molecular complexity index is 338. The van der Waals surface area contributed by atoms with Crippen molar-refractivity contribution in [3.63, 3.8) is 0 Å². The van der Waals surface area contributed by atoms with Crippen molar-refractivity contribution in [1.29, 1.82) is 0 Å². The molecule has 0 N–H and O–H groups in total. The van der Waals surface area contributed by atoms with Crippen LogP contribution in [0.1, 0.15) is 40.0 Å². The van der Waals surface area contributed by atoms with Gasteiger partial charge in [-0.15, -0.1) is 0 Å². The van der Waals surface area contributed by atoms with Crippen LogP contribution in [0.2, 0.25) is 0 Å². The highest BCUT2D eigenvalue weighted by Crippen LogP contribution is 2.26. The number of ether oxygens (including phenoxy) is 2. The van der Waals surface area contributed by atoms with Gasteiger partial charge in [0.15, 0.2) is 0 Å². The number of hydrogen-bond acceptors (Lipinski definition) is 4. The Labute approximate surface area is 103 Å². The Morgan fingerprint density at radius 3 is 2.50 bits per heavy atom. The van der Waals surface area contributed by atoms with E-state index in [4.69, 9.17) is 9.47 Å². The van der Waals surface area contributed by atoms with Crippen LogP contribution in [0.3, 0.4) is 0 Å². The summed E-state index contributed by atoms with van der Waals surface area (Å²) in [5.74, 6) is -0.440. The lowest BCUT2D eigenvalue weighted by Gasteiger charge is -2.21. The molecule has 90 valence electrons. The summed E-state index contributed by atoms with van der Waals surface area (Å²) in [6.07, 6.45) is 1.68. The van der Waals surface area contributed by atoms with Crippen molar-refractivity contribution in [3.8, 4) is 0 Å². The molecule has 0 unspecified atom stereocenters. The van der Waals surface area contributed by atoms with Gasteiger partial charge in [-0.05, 0) is 43.1 Å². The van der Waals surface area contributed by atoms with E-state index in [0.717, 1.165) is 0 Å². The molecule has 1 aliphatic heterocycles. The highest BCUT2D eigenvalue weighted by molar-refractivity contribution is 9.12. The van der Waals surface area contributed by atoms with Gasteiger partial charge < -0.3 is 9.47 Å². The third-order valence-corrected chi connectivity index (χ3v) is 2.61. The monoisotopic (exact) mass is 290 g/mol. The molecular formula is C11H15BrO4. The van der Waals surface area contributed by atoms with Gasteiger partial charge in [-0.1, -0.05) is 0 Å². The third kappa shape index (κ3) is 3.96. The van der Waals surface area contributed by atoms with E-state index in [-0.39, 0.29) is 10.5 Å². The lowest BCUT2D eigenvalue weighted by Crippen LogP contribution is -2.25. The quantitative estimate of drug-likeness (QED) is 0.550. The van der Waals surface area contributed by atoms with Crippen molar-refractivity contribution in [2.75, 3.05) is 0 Å². The number of carbonyl (C=O) groups is 2. The van der Waals surface area contributed by atoms with Gasteiger partial charge in [-0.3, -0.25) is 4.79 Å². The zero-order chi connectivity index (χ0) is 12.3. The largest absolute Gasteiger partial charge is 0.456 e. The van der Waals surface area contributed by atoms with Crippen molar-refractivity contribution in [1.82, 2.24) is 0 Å². The number of allylic oxidation sites excluding steroid dienone is 1. The first-order valence-corrected chi connectivity index (χ1v) is 5.91. The van der Waals surface area contributed by atoms with Crippen LogP contribution in [-0.4, -0.2) is 17.5 Å². The first kappa shape index (κ1) is 13.2. The Balaban J connectivity index is 2.75. The van der Waals surface area contributed by atoms with Crippen LogP contribution in [0.5, 0.6) is 0 Å². The lowest BCUT2D eigenvalue weighted by molar-refractivity contribution is -0.149. The summed E-state index contributed by atoms with van der Waals surface area (Å²) in [6, 6.07) is 0. The summed E-state index contributed by atoms with van der Waals surface area (Å²) in [6.45, 7) is 5.34. The van der Waals surface area contributed by atoms with Gasteiger partial charge in [0.2, 0.25) is 0 Å². The van der Waals surface area contributed by atoms with Crippen LogP contribution in [-0.2, 0) is 19.1 Å². The average Bonchev–Trinajstić information content (AvgIpc) is 2.14. The number of rotatable bonds is 1. The normalized spacial score (nSPS) is 20.1. The zero-order valence-corrected chi connectivity index (χ0v) is 11.2. The van der Waals surface area contributed by atoms with Crippen LogP contribution < -0.4 is 0 Å². The first-order valence-electron chi connectivity index (χ1n) is 5.12. The molecule has 0 saturated carbocycles. The molecule has 0 radical (unpaired) electrons. The molecule has 4 nitrogen and oxygen atoms in total. The van der Waals surface area contributed by atoms with E-state index in [1.165, 1.54) is 0 Å². The van der Waals surface area contributed by atoms with Gasteiger partial charge in [0.05, 0.1) is 0 Å². The molecule has 0 atom stereocenters. The molecule has 0 aromatic rings. The fraction of sp³-hybridized carbons (Fsp3) is 0.636. The van der Waals surface area contributed by atoms with E-state index in [9.17, 15) is 9.59 Å². The van der Waals surface area contributed by atoms with Crippen molar-refractivity contribution >= 4 is 27.9 Å². The van der Waals surface area contributed by atoms with E-state index in [1.54, 1.807) is 20.8 Å². The third-order valence-electron chi connectivity index (χ3n) is 1.84. The molecule has 1 fully saturated rings. The fourth-order valence-corrected chi connectivity index (χ4v) is 1.58. The number of halogens is 1. The van der Waals surface area contributed by atoms with Gasteiger partial charge in [-0.2, -0.15) is 0 Å². The number of cyclic esters (lactones) is 1. The minimum atomic E-state index is -0.560. The number of hydrogen-bond donors (Lipinski definition) is 0. The number of carbonyl (C=O) groups excluding carboxylic acids is 2. The molecule has 1 saturated heterocycles. The molecule has 0 aromatic carbocycles. The highest BCUT2D eigenvalue weighted by Gasteiger charge is 2.25. The topological polar surface area (TPSA) is 52.6 Å². The van der Waals surface area contributed by atoms with E-state index in [0.29, 0.717) is 25.0 Å². The molecule has 16 heavy (non-hydrogen) atoms. The molecule has 0 bridgehead atoms. The summed E-state index contributed by atoms with van der Waals surface area (Å²) in [7, 11) is 0. The maximum Gasteiger partial charge on any atom is 0.349 e. The second-order valence-electron chi connectivity index (χ2n) is 4.57. The molecule has 5 heteroatoms. The second kappa shape index (κ2) is 4.99. The average molecular weight is 291 g/mol. The minimum absolute atomic E-state index is 0.204. The predicted octanol–water partition coefficient (Wildman–Crippen LogP) is 2.66. The molecule has 0 aromatic heterocycles. The summed E-state index contributed by atoms with van der Waals surface area (Å²) < 4.78 is 10.3. The van der Waals surface area contributed by atoms with Crippen LogP contribution in [0.4, 0.5) is 0 Å². The summed E-state index contributed by atoms with van der Waals surface area (Å²) in [5, 5.41) is 0. The van der Waals surface area contributed by atoms with Crippen molar-refractivity contribution in [2.24, 2.45) is 0 Å². The molecule has 1 aliphatic rings. The molecular weight excluding hydrogens is 276 g/mol. The van der Waals surface area contributed by atoms with Crippen LogP contribution >= 0.6 is 15.9 Å². The SMILES string of the molecule is CC(C)(C)OC(=O)/C(Br)=C1/CCCC(=O)O1. The Kier molecular flexibility index (Phi) is 4.13. The Hall–Kier alpha value is -0.840. The predicted molar refractivity (Wildman–Crippen MR) is 61.7 cm³/mol. The molecule has 0 aliphatic carbocycles. The van der Waals surface area contributed by atoms with Crippen molar-refractivity contribution in [2.45, 2.75) is 45.6 Å². The highest BCUT2D eigenvalue weighted by atomic mass is 79.9. The minimum Gasteiger partial charge on any atom is -0.456 e. The summed E-state index contributed by atoms with van der Waals surface area (Å²) in [4.78, 5) is 22.7. The zero-order valence-electron chi connectivity index (χ0n) is 9.63. The van der Waals surface area contributed by atoms with E-state index in [1.807, 2.05) is 0 Å². The van der Waals surface area contributed by atoms with Gasteiger partial charge >= 0.3 is 11.9 Å². The fourth-order valence-electron chi connectivity index (χ4n) is 1.22. The Morgan fingerprint density at radius 2 is 2.00 bits per heavy atom. The second-order valence-corrected chi connectivity index (χ2v) is 5.36. The van der Waals surface area contributed by atoms with Crippen molar-refractivity contribution in [3.05, 3.63) is 10.2 Å². The smallest absolute Gasteiger partial charge is 0.349 e. The van der Waals surface area contributed by atoms with Crippen LogP contribution in [0.25, 0.3) is 0 Å². The lowest BCUT2D eigenvalue weighted by atomic mass is 10.1. The van der Waals surface area contributed by atoms with Crippen LogP contribution in [0, 0.1) is 0 Å². The standard InChI is InChI=1S/C11H15BrO4/c1-11(2,3)16-10(14)9(12)7-5-4-6-8(13)15-7/h4-6H2,1-3H3/b9-7+. The van der Waals surface area contributed by atoms with Gasteiger partial charge in [-0.25, -0.2) is 4.79 Å².